The number of hydrogen-bond acceptors (Lipinski definition) is 2. The van der Waals surface area contributed by atoms with Gasteiger partial charge in [0, 0.05) is 32.7 Å². The summed E-state index contributed by atoms with van der Waals surface area (Å²) in [6, 6.07) is 6.05. The lowest BCUT2D eigenvalue weighted by atomic mass is 10.1. The number of nitrogens with zero attached hydrogens (tertiary/aromatic N) is 2. The van der Waals surface area contributed by atoms with Gasteiger partial charge in [-0.15, -0.1) is 0 Å². The van der Waals surface area contributed by atoms with E-state index in [9.17, 15) is 4.39 Å². The van der Waals surface area contributed by atoms with Crippen molar-refractivity contribution >= 4 is 5.96 Å². The highest BCUT2D eigenvalue weighted by atomic mass is 19.1. The Bertz CT molecular complexity index is 524. The van der Waals surface area contributed by atoms with Gasteiger partial charge in [0.25, 0.3) is 0 Å². The number of aliphatic imine (C=N–C) groups is 1. The molecule has 1 aromatic carbocycles. The third kappa shape index (κ3) is 5.50. The van der Waals surface area contributed by atoms with Crippen LogP contribution < -0.4 is 10.6 Å². The van der Waals surface area contributed by atoms with Gasteiger partial charge in [-0.05, 0) is 44.0 Å². The van der Waals surface area contributed by atoms with Crippen molar-refractivity contribution in [3.8, 4) is 0 Å². The maximum absolute atomic E-state index is 13.5. The molecule has 0 atom stereocenters. The van der Waals surface area contributed by atoms with Crippen LogP contribution in [0.5, 0.6) is 0 Å². The van der Waals surface area contributed by atoms with Crippen molar-refractivity contribution in [1.29, 1.82) is 0 Å². The van der Waals surface area contributed by atoms with Crippen molar-refractivity contribution in [2.45, 2.75) is 45.2 Å². The maximum Gasteiger partial charge on any atom is 0.191 e. The monoisotopic (exact) mass is 320 g/mol. The van der Waals surface area contributed by atoms with Crippen LogP contribution in [0.3, 0.4) is 0 Å². The molecule has 0 aliphatic heterocycles. The second kappa shape index (κ2) is 8.87. The topological polar surface area (TPSA) is 39.7 Å². The van der Waals surface area contributed by atoms with Gasteiger partial charge in [-0.25, -0.2) is 4.39 Å². The molecule has 0 spiro atoms. The Morgan fingerprint density at radius 2 is 2.04 bits per heavy atom. The van der Waals surface area contributed by atoms with Crippen molar-refractivity contribution < 1.29 is 4.39 Å². The van der Waals surface area contributed by atoms with Crippen LogP contribution in [0.15, 0.2) is 23.2 Å². The van der Waals surface area contributed by atoms with Crippen LogP contribution in [0, 0.1) is 12.7 Å². The average molecular weight is 320 g/mol. The highest BCUT2D eigenvalue weighted by molar-refractivity contribution is 5.79. The van der Waals surface area contributed by atoms with Gasteiger partial charge in [0.15, 0.2) is 5.96 Å². The zero-order valence-corrected chi connectivity index (χ0v) is 14.5. The van der Waals surface area contributed by atoms with E-state index < -0.39 is 0 Å². The van der Waals surface area contributed by atoms with Gasteiger partial charge in [-0.1, -0.05) is 25.0 Å². The molecule has 1 aliphatic carbocycles. The third-order valence-corrected chi connectivity index (χ3v) is 4.62. The van der Waals surface area contributed by atoms with Gasteiger partial charge in [0.2, 0.25) is 0 Å². The van der Waals surface area contributed by atoms with Crippen LogP contribution in [0.4, 0.5) is 4.39 Å². The molecular weight excluding hydrogens is 291 g/mol. The first-order chi connectivity index (χ1) is 11.1. The fourth-order valence-electron chi connectivity index (χ4n) is 3.03. The Morgan fingerprint density at radius 1 is 1.30 bits per heavy atom. The second-order valence-electron chi connectivity index (χ2n) is 6.35. The summed E-state index contributed by atoms with van der Waals surface area (Å²) >= 11 is 0. The molecule has 5 heteroatoms. The molecular formula is C18H29FN4. The maximum atomic E-state index is 13.5. The molecule has 23 heavy (non-hydrogen) atoms. The SMILES string of the molecule is CN=C(NCCN(C)C1CCCC1)NCc1ccc(C)c(F)c1. The normalized spacial score (nSPS) is 16.1. The molecule has 128 valence electrons. The number of halogens is 1. The number of benzene rings is 1. The van der Waals surface area contributed by atoms with E-state index in [1.165, 1.54) is 25.7 Å². The Labute approximate surface area is 139 Å². The predicted octanol–water partition coefficient (Wildman–Crippen LogP) is 2.67. The predicted molar refractivity (Wildman–Crippen MR) is 94.2 cm³/mol. The van der Waals surface area contributed by atoms with Crippen LogP contribution in [0.1, 0.15) is 36.8 Å². The van der Waals surface area contributed by atoms with Crippen LogP contribution in [0.25, 0.3) is 0 Å². The second-order valence-corrected chi connectivity index (χ2v) is 6.35. The molecule has 0 unspecified atom stereocenters. The zero-order valence-electron chi connectivity index (χ0n) is 14.5. The Kier molecular flexibility index (Phi) is 6.84. The molecule has 1 aliphatic rings. The molecule has 4 nitrogen and oxygen atoms in total. The third-order valence-electron chi connectivity index (χ3n) is 4.62. The van der Waals surface area contributed by atoms with E-state index in [0.717, 1.165) is 30.7 Å². The molecule has 0 aromatic heterocycles. The summed E-state index contributed by atoms with van der Waals surface area (Å²) in [7, 11) is 3.95. The van der Waals surface area contributed by atoms with Crippen molar-refractivity contribution in [3.63, 3.8) is 0 Å². The van der Waals surface area contributed by atoms with Gasteiger partial charge >= 0.3 is 0 Å². The Morgan fingerprint density at radius 3 is 2.70 bits per heavy atom. The van der Waals surface area contributed by atoms with Crippen molar-refractivity contribution in [3.05, 3.63) is 35.1 Å². The van der Waals surface area contributed by atoms with E-state index >= 15 is 0 Å². The lowest BCUT2D eigenvalue weighted by Gasteiger charge is -2.24. The number of hydrogen-bond donors (Lipinski definition) is 2. The Balaban J connectivity index is 1.71. The van der Waals surface area contributed by atoms with Gasteiger partial charge in [-0.3, -0.25) is 4.99 Å². The summed E-state index contributed by atoms with van der Waals surface area (Å²) in [4.78, 5) is 6.65. The minimum absolute atomic E-state index is 0.162. The number of rotatable bonds is 6. The molecule has 2 N–H and O–H groups in total. The summed E-state index contributed by atoms with van der Waals surface area (Å²) in [5.74, 6) is 0.594. The minimum Gasteiger partial charge on any atom is -0.355 e. The fraction of sp³-hybridized carbons (Fsp3) is 0.611. The van der Waals surface area contributed by atoms with E-state index in [0.29, 0.717) is 12.1 Å². The van der Waals surface area contributed by atoms with E-state index in [4.69, 9.17) is 0 Å². The van der Waals surface area contributed by atoms with Crippen molar-refractivity contribution in [2.24, 2.45) is 4.99 Å². The minimum atomic E-state index is -0.162. The fourth-order valence-corrected chi connectivity index (χ4v) is 3.03. The summed E-state index contributed by atoms with van der Waals surface area (Å²) in [6.45, 7) is 4.20. The summed E-state index contributed by atoms with van der Waals surface area (Å²) in [5, 5.41) is 6.55. The largest absolute Gasteiger partial charge is 0.355 e. The molecule has 1 aromatic rings. The first-order valence-corrected chi connectivity index (χ1v) is 8.50. The molecule has 1 fully saturated rings. The molecule has 0 saturated heterocycles. The average Bonchev–Trinajstić information content (AvgIpc) is 3.08. The van der Waals surface area contributed by atoms with Crippen LogP contribution in [0.2, 0.25) is 0 Å². The molecule has 0 bridgehead atoms. The number of aryl methyl sites for hydroxylation is 1. The Hall–Kier alpha value is -1.62. The van der Waals surface area contributed by atoms with E-state index in [-0.39, 0.29) is 5.82 Å². The zero-order chi connectivity index (χ0) is 16.7. The smallest absolute Gasteiger partial charge is 0.191 e. The first kappa shape index (κ1) is 17.7. The van der Waals surface area contributed by atoms with E-state index in [1.54, 1.807) is 26.1 Å². The quantitative estimate of drug-likeness (QED) is 0.625. The van der Waals surface area contributed by atoms with Crippen LogP contribution >= 0.6 is 0 Å². The van der Waals surface area contributed by atoms with Gasteiger partial charge in [-0.2, -0.15) is 0 Å². The first-order valence-electron chi connectivity index (χ1n) is 8.50. The van der Waals surface area contributed by atoms with Gasteiger partial charge in [0.1, 0.15) is 5.82 Å². The van der Waals surface area contributed by atoms with Gasteiger partial charge in [0.05, 0.1) is 0 Å². The van der Waals surface area contributed by atoms with Crippen LogP contribution in [-0.4, -0.2) is 44.1 Å². The van der Waals surface area contributed by atoms with E-state index in [2.05, 4.69) is 27.6 Å². The van der Waals surface area contributed by atoms with Crippen molar-refractivity contribution in [2.75, 3.05) is 27.2 Å². The van der Waals surface area contributed by atoms with Crippen LogP contribution in [-0.2, 0) is 6.54 Å². The standard InChI is InChI=1S/C18H29FN4/c1-14-8-9-15(12-17(14)19)13-22-18(20-2)21-10-11-23(3)16-6-4-5-7-16/h8-9,12,16H,4-7,10-11,13H2,1-3H3,(H2,20,21,22). The lowest BCUT2D eigenvalue weighted by molar-refractivity contribution is 0.249. The highest BCUT2D eigenvalue weighted by Gasteiger charge is 2.18. The molecule has 0 radical (unpaired) electrons. The van der Waals surface area contributed by atoms with Gasteiger partial charge < -0.3 is 15.5 Å². The summed E-state index contributed by atoms with van der Waals surface area (Å²) in [6.07, 6.45) is 5.36. The molecule has 2 rings (SSSR count). The highest BCUT2D eigenvalue weighted by Crippen LogP contribution is 2.21. The summed E-state index contributed by atoms with van der Waals surface area (Å²) in [5.41, 5.74) is 1.59. The summed E-state index contributed by atoms with van der Waals surface area (Å²) < 4.78 is 13.5. The number of likely N-dealkylation sites (N-methyl/N-ethyl adjacent to an activating group) is 1. The van der Waals surface area contributed by atoms with E-state index in [1.807, 2.05) is 6.07 Å². The lowest BCUT2D eigenvalue weighted by Crippen LogP contribution is -2.42. The molecule has 1 saturated carbocycles. The number of nitrogens with one attached hydrogen (secondary N) is 2. The number of guanidine groups is 1. The molecule has 0 heterocycles. The van der Waals surface area contributed by atoms with Crippen molar-refractivity contribution in [1.82, 2.24) is 15.5 Å². The molecule has 0 amide bonds.